The molecule has 0 aliphatic carbocycles. The Bertz CT molecular complexity index is 240. The summed E-state index contributed by atoms with van der Waals surface area (Å²) in [6.07, 6.45) is 0. The molecule has 0 saturated heterocycles. The second-order valence-electron chi connectivity index (χ2n) is 1.84. The zero-order valence-electron chi connectivity index (χ0n) is 5.23. The van der Waals surface area contributed by atoms with Gasteiger partial charge < -0.3 is 0 Å². The Balaban J connectivity index is 2.85. The predicted octanol–water partition coefficient (Wildman–Crippen LogP) is 3.92. The van der Waals surface area contributed by atoms with Crippen LogP contribution in [0.15, 0.2) is 22.5 Å². The van der Waals surface area contributed by atoms with E-state index in [1.807, 2.05) is 6.07 Å². The zero-order valence-corrected chi connectivity index (χ0v) is 9.22. The SMILES string of the molecule is C=C(CBr)c1ccc(Br)s1. The van der Waals surface area contributed by atoms with Gasteiger partial charge in [0.1, 0.15) is 0 Å². The summed E-state index contributed by atoms with van der Waals surface area (Å²) in [6, 6.07) is 4.10. The molecule has 0 radical (unpaired) electrons. The van der Waals surface area contributed by atoms with Crippen LogP contribution in [-0.4, -0.2) is 5.33 Å². The number of allylic oxidation sites excluding steroid dienone is 1. The van der Waals surface area contributed by atoms with Gasteiger partial charge in [-0.2, -0.15) is 0 Å². The topological polar surface area (TPSA) is 0 Å². The van der Waals surface area contributed by atoms with Crippen molar-refractivity contribution in [2.24, 2.45) is 0 Å². The highest BCUT2D eigenvalue weighted by Crippen LogP contribution is 2.27. The van der Waals surface area contributed by atoms with Gasteiger partial charge in [-0.1, -0.05) is 22.5 Å². The minimum Gasteiger partial charge on any atom is -0.129 e. The van der Waals surface area contributed by atoms with Crippen molar-refractivity contribution in [3.8, 4) is 0 Å². The van der Waals surface area contributed by atoms with E-state index in [0.717, 1.165) is 14.7 Å². The van der Waals surface area contributed by atoms with Crippen LogP contribution in [0.25, 0.3) is 5.57 Å². The number of alkyl halides is 1. The minimum atomic E-state index is 0.847. The fraction of sp³-hybridized carbons (Fsp3) is 0.143. The Kier molecular flexibility index (Phi) is 3.14. The molecule has 1 aromatic heterocycles. The Morgan fingerprint density at radius 1 is 1.60 bits per heavy atom. The molecule has 1 heterocycles. The highest BCUT2D eigenvalue weighted by Gasteiger charge is 1.99. The second kappa shape index (κ2) is 3.69. The first kappa shape index (κ1) is 8.50. The predicted molar refractivity (Wildman–Crippen MR) is 54.8 cm³/mol. The Morgan fingerprint density at radius 3 is 2.70 bits per heavy atom. The van der Waals surface area contributed by atoms with Crippen LogP contribution in [0, 0.1) is 0 Å². The quantitative estimate of drug-likeness (QED) is 0.721. The smallest absolute Gasteiger partial charge is 0.0704 e. The number of thiophene rings is 1. The molecule has 0 nitrogen and oxygen atoms in total. The number of hydrogen-bond acceptors (Lipinski definition) is 1. The molecule has 0 unspecified atom stereocenters. The minimum absolute atomic E-state index is 0.847. The zero-order chi connectivity index (χ0) is 7.56. The number of rotatable bonds is 2. The highest BCUT2D eigenvalue weighted by atomic mass is 79.9. The first-order valence-corrected chi connectivity index (χ1v) is 5.46. The third-order valence-electron chi connectivity index (χ3n) is 1.08. The lowest BCUT2D eigenvalue weighted by Crippen LogP contribution is -1.74. The summed E-state index contributed by atoms with van der Waals surface area (Å²) in [7, 11) is 0. The molecule has 10 heavy (non-hydrogen) atoms. The van der Waals surface area contributed by atoms with E-state index < -0.39 is 0 Å². The van der Waals surface area contributed by atoms with Crippen molar-refractivity contribution in [1.82, 2.24) is 0 Å². The van der Waals surface area contributed by atoms with Crippen LogP contribution in [0.4, 0.5) is 0 Å². The van der Waals surface area contributed by atoms with Crippen LogP contribution in [0.1, 0.15) is 4.88 Å². The van der Waals surface area contributed by atoms with Gasteiger partial charge in [-0.3, -0.25) is 0 Å². The maximum atomic E-state index is 3.90. The van der Waals surface area contributed by atoms with Crippen molar-refractivity contribution in [2.45, 2.75) is 0 Å². The monoisotopic (exact) mass is 280 g/mol. The molecule has 0 atom stereocenters. The Hall–Kier alpha value is 0.400. The van der Waals surface area contributed by atoms with Gasteiger partial charge >= 0.3 is 0 Å². The molecule has 54 valence electrons. The van der Waals surface area contributed by atoms with E-state index in [-0.39, 0.29) is 0 Å². The Labute approximate surface area is 81.2 Å². The maximum Gasteiger partial charge on any atom is 0.0704 e. The molecule has 0 fully saturated rings. The highest BCUT2D eigenvalue weighted by molar-refractivity contribution is 9.11. The molecule has 0 bridgehead atoms. The molecule has 3 heteroatoms. The summed E-state index contributed by atoms with van der Waals surface area (Å²) in [5.41, 5.74) is 1.13. The van der Waals surface area contributed by atoms with Gasteiger partial charge in [0, 0.05) is 10.2 Å². The molecule has 0 saturated carbocycles. The lowest BCUT2D eigenvalue weighted by atomic mass is 10.3. The third kappa shape index (κ3) is 1.94. The van der Waals surface area contributed by atoms with E-state index >= 15 is 0 Å². The van der Waals surface area contributed by atoms with Crippen LogP contribution in [0.2, 0.25) is 0 Å². The van der Waals surface area contributed by atoms with Gasteiger partial charge in [0.05, 0.1) is 3.79 Å². The summed E-state index contributed by atoms with van der Waals surface area (Å²) in [4.78, 5) is 1.24. The van der Waals surface area contributed by atoms with Crippen molar-refractivity contribution in [3.05, 3.63) is 27.4 Å². The molecule has 0 aliphatic rings. The summed E-state index contributed by atoms with van der Waals surface area (Å²) in [5.74, 6) is 0. The van der Waals surface area contributed by atoms with Gasteiger partial charge in [0.25, 0.3) is 0 Å². The average molecular weight is 282 g/mol. The molecule has 1 aromatic rings. The summed E-state index contributed by atoms with van der Waals surface area (Å²) in [6.45, 7) is 3.90. The molecular weight excluding hydrogens is 276 g/mol. The van der Waals surface area contributed by atoms with Crippen molar-refractivity contribution in [1.29, 1.82) is 0 Å². The summed E-state index contributed by atoms with van der Waals surface area (Å²) in [5, 5.41) is 0.847. The van der Waals surface area contributed by atoms with E-state index in [9.17, 15) is 0 Å². The lowest BCUT2D eigenvalue weighted by molar-refractivity contribution is 1.78. The van der Waals surface area contributed by atoms with Crippen molar-refractivity contribution < 1.29 is 0 Å². The molecule has 0 spiro atoms. The molecule has 0 N–H and O–H groups in total. The van der Waals surface area contributed by atoms with Crippen molar-refractivity contribution >= 4 is 48.8 Å². The van der Waals surface area contributed by atoms with E-state index in [1.165, 1.54) is 4.88 Å². The fourth-order valence-corrected chi connectivity index (χ4v) is 2.41. The van der Waals surface area contributed by atoms with Gasteiger partial charge in [-0.25, -0.2) is 0 Å². The van der Waals surface area contributed by atoms with Gasteiger partial charge in [0.15, 0.2) is 0 Å². The lowest BCUT2D eigenvalue weighted by Gasteiger charge is -1.92. The molecule has 0 amide bonds. The van der Waals surface area contributed by atoms with E-state index in [1.54, 1.807) is 11.3 Å². The first-order chi connectivity index (χ1) is 4.74. The summed E-state index contributed by atoms with van der Waals surface area (Å²) >= 11 is 8.45. The standard InChI is InChI=1S/C7H6Br2S/c1-5(4-8)6-2-3-7(9)10-6/h2-3H,1,4H2. The van der Waals surface area contributed by atoms with Gasteiger partial charge in [-0.15, -0.1) is 11.3 Å². The average Bonchev–Trinajstić information content (AvgIpc) is 2.34. The first-order valence-electron chi connectivity index (χ1n) is 2.73. The Morgan fingerprint density at radius 2 is 2.30 bits per heavy atom. The molecule has 0 aliphatic heterocycles. The summed E-state index contributed by atoms with van der Waals surface area (Å²) < 4.78 is 1.16. The normalized spacial score (nSPS) is 9.80. The van der Waals surface area contributed by atoms with E-state index in [4.69, 9.17) is 0 Å². The van der Waals surface area contributed by atoms with Crippen LogP contribution < -0.4 is 0 Å². The van der Waals surface area contributed by atoms with Crippen LogP contribution in [0.3, 0.4) is 0 Å². The van der Waals surface area contributed by atoms with E-state index in [0.29, 0.717) is 0 Å². The number of halogens is 2. The third-order valence-corrected chi connectivity index (χ3v) is 3.49. The maximum absolute atomic E-state index is 3.90. The second-order valence-corrected chi connectivity index (χ2v) is 4.86. The van der Waals surface area contributed by atoms with Crippen molar-refractivity contribution in [2.75, 3.05) is 5.33 Å². The largest absolute Gasteiger partial charge is 0.129 e. The van der Waals surface area contributed by atoms with Crippen molar-refractivity contribution in [3.63, 3.8) is 0 Å². The van der Waals surface area contributed by atoms with Crippen LogP contribution >= 0.6 is 43.2 Å². The van der Waals surface area contributed by atoms with Crippen LogP contribution in [0.5, 0.6) is 0 Å². The van der Waals surface area contributed by atoms with Crippen LogP contribution in [-0.2, 0) is 0 Å². The fourth-order valence-electron chi connectivity index (χ4n) is 0.570. The van der Waals surface area contributed by atoms with Gasteiger partial charge in [-0.05, 0) is 33.6 Å². The van der Waals surface area contributed by atoms with E-state index in [2.05, 4.69) is 44.5 Å². The molecule has 1 rings (SSSR count). The number of hydrogen-bond donors (Lipinski definition) is 0. The van der Waals surface area contributed by atoms with Gasteiger partial charge in [0.2, 0.25) is 0 Å². The molecular formula is C7H6Br2S. The molecule has 0 aromatic carbocycles.